The van der Waals surface area contributed by atoms with Crippen LogP contribution < -0.4 is 4.74 Å². The predicted octanol–water partition coefficient (Wildman–Crippen LogP) is 2.21. The van der Waals surface area contributed by atoms with Gasteiger partial charge in [-0.1, -0.05) is 19.1 Å². The Labute approximate surface area is 136 Å². The van der Waals surface area contributed by atoms with Crippen LogP contribution in [0.2, 0.25) is 0 Å². The van der Waals surface area contributed by atoms with Gasteiger partial charge in [-0.25, -0.2) is 22.7 Å². The number of benzene rings is 1. The Morgan fingerprint density at radius 3 is 2.61 bits per heavy atom. The third kappa shape index (κ3) is 3.79. The van der Waals surface area contributed by atoms with Crippen LogP contribution in [0.1, 0.15) is 26.2 Å². The Bertz CT molecular complexity index is 771. The molecule has 1 aliphatic heterocycles. The summed E-state index contributed by atoms with van der Waals surface area (Å²) in [6.45, 7) is 2.90. The van der Waals surface area contributed by atoms with E-state index in [4.69, 9.17) is 4.74 Å². The fraction of sp³-hybridized carbons (Fsp3) is 0.500. The van der Waals surface area contributed by atoms with Crippen LogP contribution in [-0.4, -0.2) is 47.6 Å². The van der Waals surface area contributed by atoms with Crippen molar-refractivity contribution in [1.82, 2.24) is 14.3 Å². The van der Waals surface area contributed by atoms with Crippen LogP contribution in [-0.2, 0) is 10.0 Å². The minimum absolute atomic E-state index is 0.0152. The summed E-state index contributed by atoms with van der Waals surface area (Å²) < 4.78 is 31.6. The van der Waals surface area contributed by atoms with Crippen LogP contribution in [0, 0.1) is 0 Å². The lowest BCUT2D eigenvalue weighted by atomic mass is 10.1. The zero-order chi connectivity index (χ0) is 16.3. The highest BCUT2D eigenvalue weighted by Gasteiger charge is 2.28. The van der Waals surface area contributed by atoms with Gasteiger partial charge in [0, 0.05) is 13.1 Å². The molecule has 1 aromatic heterocycles. The Hall–Kier alpha value is -1.73. The molecule has 0 atom stereocenters. The molecule has 0 amide bonds. The first-order valence-electron chi connectivity index (χ1n) is 7.95. The fourth-order valence-corrected chi connectivity index (χ4v) is 4.32. The van der Waals surface area contributed by atoms with Crippen molar-refractivity contribution >= 4 is 21.1 Å². The third-order valence-electron chi connectivity index (χ3n) is 3.97. The van der Waals surface area contributed by atoms with E-state index in [0.29, 0.717) is 38.2 Å². The smallest absolute Gasteiger partial charge is 0.233 e. The Morgan fingerprint density at radius 2 is 1.91 bits per heavy atom. The van der Waals surface area contributed by atoms with Gasteiger partial charge in [0.15, 0.2) is 0 Å². The number of hydrogen-bond donors (Lipinski definition) is 0. The molecule has 6 nitrogen and oxygen atoms in total. The van der Waals surface area contributed by atoms with Crippen molar-refractivity contribution in [3.05, 3.63) is 30.5 Å². The Morgan fingerprint density at radius 1 is 1.22 bits per heavy atom. The van der Waals surface area contributed by atoms with Gasteiger partial charge in [0.05, 0.1) is 23.0 Å². The maximum atomic E-state index is 12.1. The van der Waals surface area contributed by atoms with Gasteiger partial charge in [0.1, 0.15) is 6.10 Å². The van der Waals surface area contributed by atoms with Crippen molar-refractivity contribution in [3.63, 3.8) is 0 Å². The van der Waals surface area contributed by atoms with E-state index in [0.717, 1.165) is 11.0 Å². The molecule has 0 aliphatic carbocycles. The number of ether oxygens (including phenoxy) is 1. The molecule has 2 heterocycles. The minimum atomic E-state index is -3.11. The van der Waals surface area contributed by atoms with E-state index < -0.39 is 10.0 Å². The molecule has 2 aromatic rings. The minimum Gasteiger partial charge on any atom is -0.473 e. The molecule has 0 N–H and O–H groups in total. The lowest BCUT2D eigenvalue weighted by molar-refractivity contribution is 0.130. The number of para-hydroxylation sites is 2. The molecule has 3 rings (SSSR count). The van der Waals surface area contributed by atoms with Crippen LogP contribution in [0.3, 0.4) is 0 Å². The maximum Gasteiger partial charge on any atom is 0.233 e. The molecule has 1 aromatic carbocycles. The summed E-state index contributed by atoms with van der Waals surface area (Å²) in [4.78, 5) is 8.78. The molecule has 124 valence electrons. The van der Waals surface area contributed by atoms with E-state index in [9.17, 15) is 8.42 Å². The first-order valence-corrected chi connectivity index (χ1v) is 9.55. The van der Waals surface area contributed by atoms with Crippen LogP contribution in [0.5, 0.6) is 5.88 Å². The van der Waals surface area contributed by atoms with Crippen LogP contribution in [0.25, 0.3) is 11.0 Å². The molecule has 0 unspecified atom stereocenters. The Balaban J connectivity index is 1.62. The highest BCUT2D eigenvalue weighted by Crippen LogP contribution is 2.20. The van der Waals surface area contributed by atoms with E-state index in [1.165, 1.54) is 0 Å². The van der Waals surface area contributed by atoms with Gasteiger partial charge in [-0.05, 0) is 31.4 Å². The zero-order valence-electron chi connectivity index (χ0n) is 13.2. The van der Waals surface area contributed by atoms with Crippen molar-refractivity contribution in [2.45, 2.75) is 32.3 Å². The summed E-state index contributed by atoms with van der Waals surface area (Å²) in [5.41, 5.74) is 1.63. The monoisotopic (exact) mass is 335 g/mol. The fourth-order valence-electron chi connectivity index (χ4n) is 2.78. The number of rotatable bonds is 5. The van der Waals surface area contributed by atoms with E-state index in [1.54, 1.807) is 10.5 Å². The number of fused-ring (bicyclic) bond motifs is 1. The van der Waals surface area contributed by atoms with Crippen LogP contribution in [0.15, 0.2) is 30.5 Å². The molecule has 0 saturated carbocycles. The first-order chi connectivity index (χ1) is 11.1. The Kier molecular flexibility index (Phi) is 4.77. The van der Waals surface area contributed by atoms with Crippen LogP contribution in [0.4, 0.5) is 0 Å². The topological polar surface area (TPSA) is 72.4 Å². The number of nitrogens with zero attached hydrogens (tertiary/aromatic N) is 3. The summed E-state index contributed by atoms with van der Waals surface area (Å²) >= 11 is 0. The van der Waals surface area contributed by atoms with Crippen molar-refractivity contribution in [2.75, 3.05) is 18.8 Å². The van der Waals surface area contributed by atoms with E-state index in [1.807, 2.05) is 31.2 Å². The number of aromatic nitrogens is 2. The largest absolute Gasteiger partial charge is 0.473 e. The lowest BCUT2D eigenvalue weighted by Gasteiger charge is -2.31. The van der Waals surface area contributed by atoms with Crippen molar-refractivity contribution < 1.29 is 13.2 Å². The van der Waals surface area contributed by atoms with E-state index >= 15 is 0 Å². The van der Waals surface area contributed by atoms with Crippen molar-refractivity contribution in [1.29, 1.82) is 0 Å². The lowest BCUT2D eigenvalue weighted by Crippen LogP contribution is -2.42. The average Bonchev–Trinajstić information content (AvgIpc) is 2.55. The predicted molar refractivity (Wildman–Crippen MR) is 88.8 cm³/mol. The van der Waals surface area contributed by atoms with Gasteiger partial charge in [-0.3, -0.25) is 0 Å². The quantitative estimate of drug-likeness (QED) is 0.838. The second-order valence-electron chi connectivity index (χ2n) is 5.73. The van der Waals surface area contributed by atoms with Gasteiger partial charge >= 0.3 is 0 Å². The van der Waals surface area contributed by atoms with E-state index in [2.05, 4.69) is 9.97 Å². The zero-order valence-corrected chi connectivity index (χ0v) is 14.0. The van der Waals surface area contributed by atoms with Gasteiger partial charge in [-0.2, -0.15) is 0 Å². The summed E-state index contributed by atoms with van der Waals surface area (Å²) in [6.07, 6.45) is 3.61. The molecule has 7 heteroatoms. The van der Waals surface area contributed by atoms with Gasteiger partial charge in [0.2, 0.25) is 15.9 Å². The molecule has 1 aliphatic rings. The SMILES string of the molecule is CCCS(=O)(=O)N1CCC(Oc2cnc3ccccc3n2)CC1. The molecule has 0 spiro atoms. The summed E-state index contributed by atoms with van der Waals surface area (Å²) in [6, 6.07) is 7.64. The van der Waals surface area contributed by atoms with E-state index in [-0.39, 0.29) is 11.9 Å². The second-order valence-corrected chi connectivity index (χ2v) is 7.82. The summed E-state index contributed by atoms with van der Waals surface area (Å²) in [7, 11) is -3.11. The average molecular weight is 335 g/mol. The summed E-state index contributed by atoms with van der Waals surface area (Å²) in [5.74, 6) is 0.716. The number of hydrogen-bond acceptors (Lipinski definition) is 5. The molecule has 23 heavy (non-hydrogen) atoms. The van der Waals surface area contributed by atoms with Gasteiger partial charge < -0.3 is 4.74 Å². The molecule has 0 bridgehead atoms. The van der Waals surface area contributed by atoms with Crippen LogP contribution >= 0.6 is 0 Å². The highest BCUT2D eigenvalue weighted by atomic mass is 32.2. The first kappa shape index (κ1) is 16.1. The van der Waals surface area contributed by atoms with Gasteiger partial charge in [-0.15, -0.1) is 0 Å². The number of sulfonamides is 1. The van der Waals surface area contributed by atoms with Crippen molar-refractivity contribution in [2.24, 2.45) is 0 Å². The second kappa shape index (κ2) is 6.80. The summed E-state index contributed by atoms with van der Waals surface area (Å²) in [5, 5.41) is 0. The maximum absolute atomic E-state index is 12.1. The normalized spacial score (nSPS) is 17.4. The van der Waals surface area contributed by atoms with Gasteiger partial charge in [0.25, 0.3) is 0 Å². The standard InChI is InChI=1S/C16H21N3O3S/c1-2-11-23(20,21)19-9-7-13(8-10-19)22-16-12-17-14-5-3-4-6-15(14)18-16/h3-6,12-13H,2,7-11H2,1H3. The molecule has 1 saturated heterocycles. The third-order valence-corrected chi connectivity index (χ3v) is 6.05. The molecule has 0 radical (unpaired) electrons. The van der Waals surface area contributed by atoms with Crippen molar-refractivity contribution in [3.8, 4) is 5.88 Å². The number of piperidine rings is 1. The molecular formula is C16H21N3O3S. The highest BCUT2D eigenvalue weighted by molar-refractivity contribution is 7.89. The molecular weight excluding hydrogens is 314 g/mol. The molecule has 1 fully saturated rings.